The van der Waals surface area contributed by atoms with Gasteiger partial charge in [-0.3, -0.25) is 4.57 Å². The van der Waals surface area contributed by atoms with E-state index in [4.69, 9.17) is 4.74 Å². The Bertz CT molecular complexity index is 512. The van der Waals surface area contributed by atoms with Crippen molar-refractivity contribution in [1.29, 1.82) is 0 Å². The number of ether oxygens (including phenoxy) is 1. The molecule has 0 radical (unpaired) electrons. The van der Waals surface area contributed by atoms with Crippen LogP contribution in [0.1, 0.15) is 6.92 Å². The third-order valence-electron chi connectivity index (χ3n) is 2.54. The van der Waals surface area contributed by atoms with E-state index in [0.29, 0.717) is 18.2 Å². The number of benzene rings is 1. The summed E-state index contributed by atoms with van der Waals surface area (Å²) in [5.41, 5.74) is 0.474. The summed E-state index contributed by atoms with van der Waals surface area (Å²) in [6.07, 6.45) is 3.36. The normalized spacial score (nSPS) is 12.4. The first-order chi connectivity index (χ1) is 8.72. The molecule has 0 fully saturated rings. The first kappa shape index (κ1) is 12.6. The molecule has 1 aromatic carbocycles. The van der Waals surface area contributed by atoms with E-state index in [1.54, 1.807) is 42.3 Å². The minimum atomic E-state index is -0.280. The van der Waals surface area contributed by atoms with Crippen LogP contribution < -0.4 is 5.32 Å². The lowest BCUT2D eigenvalue weighted by atomic mass is 10.3. The molecule has 0 spiro atoms. The molecule has 1 atom stereocenters. The number of imidazole rings is 1. The molecule has 0 saturated carbocycles. The van der Waals surface area contributed by atoms with Gasteiger partial charge in [0.15, 0.2) is 0 Å². The average molecular weight is 249 g/mol. The molecule has 2 rings (SSSR count). The maximum absolute atomic E-state index is 13.7. The zero-order valence-electron chi connectivity index (χ0n) is 10.4. The van der Waals surface area contributed by atoms with Gasteiger partial charge in [-0.15, -0.1) is 0 Å². The standard InChI is InChI=1S/C13H16FN3O/c1-10(9-18-2)16-13-15-7-8-17(13)12-6-4-3-5-11(12)14/h3-8,10H,9H2,1-2H3,(H,15,16). The van der Waals surface area contributed by atoms with Gasteiger partial charge in [0, 0.05) is 25.5 Å². The maximum Gasteiger partial charge on any atom is 0.207 e. The van der Waals surface area contributed by atoms with Crippen LogP contribution in [0, 0.1) is 5.82 Å². The molecule has 0 bridgehead atoms. The number of nitrogens with one attached hydrogen (secondary N) is 1. The molecule has 1 N–H and O–H groups in total. The van der Waals surface area contributed by atoms with E-state index in [9.17, 15) is 4.39 Å². The lowest BCUT2D eigenvalue weighted by molar-refractivity contribution is 0.190. The van der Waals surface area contributed by atoms with Crippen molar-refractivity contribution in [2.24, 2.45) is 0 Å². The second kappa shape index (κ2) is 5.64. The molecule has 0 aliphatic rings. The number of rotatable bonds is 5. The number of hydrogen-bond donors (Lipinski definition) is 1. The summed E-state index contributed by atoms with van der Waals surface area (Å²) in [7, 11) is 1.64. The first-order valence-corrected chi connectivity index (χ1v) is 5.76. The molecule has 0 aliphatic heterocycles. The van der Waals surface area contributed by atoms with Crippen LogP contribution >= 0.6 is 0 Å². The van der Waals surface area contributed by atoms with Crippen molar-refractivity contribution >= 4 is 5.95 Å². The van der Waals surface area contributed by atoms with Gasteiger partial charge in [-0.05, 0) is 19.1 Å². The van der Waals surface area contributed by atoms with E-state index in [1.807, 2.05) is 6.92 Å². The summed E-state index contributed by atoms with van der Waals surface area (Å²) in [4.78, 5) is 4.19. The van der Waals surface area contributed by atoms with Crippen LogP contribution in [0.15, 0.2) is 36.7 Å². The van der Waals surface area contributed by atoms with Crippen molar-refractivity contribution in [2.45, 2.75) is 13.0 Å². The quantitative estimate of drug-likeness (QED) is 0.884. The van der Waals surface area contributed by atoms with Crippen LogP contribution in [0.5, 0.6) is 0 Å². The number of nitrogens with zero attached hydrogens (tertiary/aromatic N) is 2. The number of anilines is 1. The van der Waals surface area contributed by atoms with Crippen molar-refractivity contribution < 1.29 is 9.13 Å². The predicted octanol–water partition coefficient (Wildman–Crippen LogP) is 2.46. The lowest BCUT2D eigenvalue weighted by Gasteiger charge is -2.15. The molecule has 0 amide bonds. The summed E-state index contributed by atoms with van der Waals surface area (Å²) in [5, 5.41) is 3.18. The molecule has 96 valence electrons. The second-order valence-electron chi connectivity index (χ2n) is 4.07. The monoisotopic (exact) mass is 249 g/mol. The van der Waals surface area contributed by atoms with Crippen molar-refractivity contribution in [3.05, 3.63) is 42.5 Å². The fourth-order valence-corrected chi connectivity index (χ4v) is 1.76. The summed E-state index contributed by atoms with van der Waals surface area (Å²) in [6, 6.07) is 6.70. The van der Waals surface area contributed by atoms with Crippen LogP contribution in [0.25, 0.3) is 5.69 Å². The molecule has 18 heavy (non-hydrogen) atoms. The van der Waals surface area contributed by atoms with E-state index in [0.717, 1.165) is 0 Å². The smallest absolute Gasteiger partial charge is 0.207 e. The van der Waals surface area contributed by atoms with Gasteiger partial charge >= 0.3 is 0 Å². The zero-order chi connectivity index (χ0) is 13.0. The van der Waals surface area contributed by atoms with Crippen LogP contribution in [0.4, 0.5) is 10.3 Å². The van der Waals surface area contributed by atoms with Gasteiger partial charge in [-0.2, -0.15) is 0 Å². The summed E-state index contributed by atoms with van der Waals surface area (Å²) < 4.78 is 20.4. The van der Waals surface area contributed by atoms with Crippen molar-refractivity contribution in [3.63, 3.8) is 0 Å². The summed E-state index contributed by atoms with van der Waals surface area (Å²) >= 11 is 0. The third-order valence-corrected chi connectivity index (χ3v) is 2.54. The number of halogens is 1. The molecule has 0 aliphatic carbocycles. The zero-order valence-corrected chi connectivity index (χ0v) is 10.4. The average Bonchev–Trinajstić information content (AvgIpc) is 2.78. The SMILES string of the molecule is COCC(C)Nc1nccn1-c1ccccc1F. The van der Waals surface area contributed by atoms with Crippen LogP contribution in [-0.4, -0.2) is 29.3 Å². The Labute approximate surface area is 105 Å². The summed E-state index contributed by atoms with van der Waals surface area (Å²) in [6.45, 7) is 2.54. The van der Waals surface area contributed by atoms with Crippen LogP contribution in [0.2, 0.25) is 0 Å². The van der Waals surface area contributed by atoms with Crippen LogP contribution in [0.3, 0.4) is 0 Å². The highest BCUT2D eigenvalue weighted by molar-refractivity contribution is 5.43. The molecule has 4 nitrogen and oxygen atoms in total. The molecular weight excluding hydrogens is 233 g/mol. The van der Waals surface area contributed by atoms with Crippen LogP contribution in [-0.2, 0) is 4.74 Å². The topological polar surface area (TPSA) is 39.1 Å². The van der Waals surface area contributed by atoms with Crippen molar-refractivity contribution in [2.75, 3.05) is 19.0 Å². The number of hydrogen-bond acceptors (Lipinski definition) is 3. The summed E-state index contributed by atoms with van der Waals surface area (Å²) in [5.74, 6) is 0.322. The van der Waals surface area contributed by atoms with E-state index >= 15 is 0 Å². The molecular formula is C13H16FN3O. The third kappa shape index (κ3) is 2.68. The predicted molar refractivity (Wildman–Crippen MR) is 68.5 cm³/mol. The Morgan fingerprint density at radius 1 is 1.44 bits per heavy atom. The van der Waals surface area contributed by atoms with Gasteiger partial charge in [-0.1, -0.05) is 12.1 Å². The number of para-hydroxylation sites is 1. The molecule has 1 unspecified atom stereocenters. The molecule has 2 aromatic rings. The minimum Gasteiger partial charge on any atom is -0.383 e. The Kier molecular flexibility index (Phi) is 3.94. The maximum atomic E-state index is 13.7. The largest absolute Gasteiger partial charge is 0.383 e. The lowest BCUT2D eigenvalue weighted by Crippen LogP contribution is -2.23. The Morgan fingerprint density at radius 3 is 2.94 bits per heavy atom. The van der Waals surface area contributed by atoms with Gasteiger partial charge in [-0.25, -0.2) is 9.37 Å². The fraction of sp³-hybridized carbons (Fsp3) is 0.308. The second-order valence-corrected chi connectivity index (χ2v) is 4.07. The van der Waals surface area contributed by atoms with Gasteiger partial charge < -0.3 is 10.1 Å². The van der Waals surface area contributed by atoms with Gasteiger partial charge in [0.2, 0.25) is 5.95 Å². The van der Waals surface area contributed by atoms with E-state index in [1.165, 1.54) is 6.07 Å². The Morgan fingerprint density at radius 2 is 2.22 bits per heavy atom. The number of methoxy groups -OCH3 is 1. The number of aromatic nitrogens is 2. The fourth-order valence-electron chi connectivity index (χ4n) is 1.76. The molecule has 5 heteroatoms. The first-order valence-electron chi connectivity index (χ1n) is 5.76. The molecule has 0 saturated heterocycles. The Hall–Kier alpha value is -1.88. The minimum absolute atomic E-state index is 0.0999. The van der Waals surface area contributed by atoms with Gasteiger partial charge in [0.1, 0.15) is 5.82 Å². The van der Waals surface area contributed by atoms with Gasteiger partial charge in [0.25, 0.3) is 0 Å². The van der Waals surface area contributed by atoms with Crippen molar-refractivity contribution in [3.8, 4) is 5.69 Å². The van der Waals surface area contributed by atoms with E-state index in [-0.39, 0.29) is 11.9 Å². The highest BCUT2D eigenvalue weighted by Crippen LogP contribution is 2.17. The van der Waals surface area contributed by atoms with Gasteiger partial charge in [0.05, 0.1) is 12.3 Å². The van der Waals surface area contributed by atoms with E-state index < -0.39 is 0 Å². The molecule has 1 aromatic heterocycles. The highest BCUT2D eigenvalue weighted by Gasteiger charge is 2.10. The highest BCUT2D eigenvalue weighted by atomic mass is 19.1. The van der Waals surface area contributed by atoms with E-state index in [2.05, 4.69) is 10.3 Å². The molecule has 1 heterocycles. The Balaban J connectivity index is 2.25. The van der Waals surface area contributed by atoms with Crippen molar-refractivity contribution in [1.82, 2.24) is 9.55 Å².